The molecular formula is C15H23ClN2O. The summed E-state index contributed by atoms with van der Waals surface area (Å²) in [5.41, 5.74) is 2.70. The number of nitrogens with zero attached hydrogens (tertiary/aromatic N) is 2. The molecule has 106 valence electrons. The van der Waals surface area contributed by atoms with Crippen LogP contribution in [0.5, 0.6) is 0 Å². The van der Waals surface area contributed by atoms with Crippen molar-refractivity contribution in [2.24, 2.45) is 0 Å². The summed E-state index contributed by atoms with van der Waals surface area (Å²) in [5.74, 6) is 1.63. The van der Waals surface area contributed by atoms with E-state index in [4.69, 9.17) is 21.3 Å². The fraction of sp³-hybridized carbons (Fsp3) is 0.667. The van der Waals surface area contributed by atoms with Gasteiger partial charge in [-0.25, -0.2) is 4.98 Å². The minimum Gasteiger partial charge on any atom is -0.378 e. The third kappa shape index (κ3) is 3.83. The summed E-state index contributed by atoms with van der Waals surface area (Å²) in [6.07, 6.45) is 3.55. The maximum atomic E-state index is 5.61. The van der Waals surface area contributed by atoms with Crippen LogP contribution in [0.2, 0.25) is 0 Å². The summed E-state index contributed by atoms with van der Waals surface area (Å²) in [5, 5.41) is 0. The van der Waals surface area contributed by atoms with E-state index >= 15 is 0 Å². The molecular weight excluding hydrogens is 260 g/mol. The number of ether oxygens (including phenoxy) is 1. The average Bonchev–Trinajstić information content (AvgIpc) is 2.85. The van der Waals surface area contributed by atoms with Crippen LogP contribution in [-0.4, -0.2) is 36.7 Å². The van der Waals surface area contributed by atoms with Gasteiger partial charge in [-0.3, -0.25) is 0 Å². The molecule has 0 atom stereocenters. The van der Waals surface area contributed by atoms with E-state index in [1.54, 1.807) is 0 Å². The molecule has 4 heteroatoms. The molecule has 0 amide bonds. The topological polar surface area (TPSA) is 25.4 Å². The molecule has 1 heterocycles. The first-order valence-corrected chi connectivity index (χ1v) is 7.65. The second kappa shape index (κ2) is 7.11. The zero-order valence-corrected chi connectivity index (χ0v) is 12.6. The van der Waals surface area contributed by atoms with Gasteiger partial charge in [0.05, 0.1) is 13.2 Å². The third-order valence-electron chi connectivity index (χ3n) is 3.53. The molecule has 19 heavy (non-hydrogen) atoms. The van der Waals surface area contributed by atoms with E-state index in [0.29, 0.717) is 25.1 Å². The van der Waals surface area contributed by atoms with E-state index in [1.165, 1.54) is 24.1 Å². The number of halogens is 1. The van der Waals surface area contributed by atoms with Gasteiger partial charge in [-0.2, -0.15) is 0 Å². The lowest BCUT2D eigenvalue weighted by Gasteiger charge is -2.28. The maximum absolute atomic E-state index is 5.61. The highest BCUT2D eigenvalue weighted by atomic mass is 35.5. The van der Waals surface area contributed by atoms with Gasteiger partial charge in [-0.1, -0.05) is 6.07 Å². The molecule has 0 bridgehead atoms. The molecule has 0 spiro atoms. The van der Waals surface area contributed by atoms with Crippen LogP contribution in [0.15, 0.2) is 12.1 Å². The monoisotopic (exact) mass is 282 g/mol. The van der Waals surface area contributed by atoms with Crippen molar-refractivity contribution in [3.63, 3.8) is 0 Å². The van der Waals surface area contributed by atoms with Crippen molar-refractivity contribution in [1.82, 2.24) is 4.98 Å². The molecule has 0 fully saturated rings. The molecule has 1 aliphatic rings. The number of hydrogen-bond acceptors (Lipinski definition) is 3. The zero-order chi connectivity index (χ0) is 13.7. The van der Waals surface area contributed by atoms with Crippen LogP contribution in [0.4, 0.5) is 5.82 Å². The van der Waals surface area contributed by atoms with Gasteiger partial charge < -0.3 is 9.64 Å². The van der Waals surface area contributed by atoms with E-state index in [9.17, 15) is 0 Å². The second-order valence-electron chi connectivity index (χ2n) is 5.22. The lowest BCUT2D eigenvalue weighted by atomic mass is 10.2. The van der Waals surface area contributed by atoms with Crippen LogP contribution >= 0.6 is 11.6 Å². The SMILES string of the molecule is CC(C)N(CCOCCCl)c1ccc2c(n1)CCC2. The Kier molecular flexibility index (Phi) is 5.46. The molecule has 1 aliphatic carbocycles. The van der Waals surface area contributed by atoms with Crippen molar-refractivity contribution in [3.8, 4) is 0 Å². The molecule has 3 nitrogen and oxygen atoms in total. The van der Waals surface area contributed by atoms with Crippen LogP contribution in [0.1, 0.15) is 31.5 Å². The molecule has 0 saturated carbocycles. The van der Waals surface area contributed by atoms with E-state index in [1.807, 2.05) is 0 Å². The van der Waals surface area contributed by atoms with Crippen molar-refractivity contribution in [1.29, 1.82) is 0 Å². The number of hydrogen-bond donors (Lipinski definition) is 0. The van der Waals surface area contributed by atoms with Crippen LogP contribution < -0.4 is 4.90 Å². The Morgan fingerprint density at radius 1 is 1.32 bits per heavy atom. The highest BCUT2D eigenvalue weighted by Gasteiger charge is 2.17. The zero-order valence-electron chi connectivity index (χ0n) is 11.9. The molecule has 0 unspecified atom stereocenters. The van der Waals surface area contributed by atoms with Gasteiger partial charge >= 0.3 is 0 Å². The van der Waals surface area contributed by atoms with Crippen LogP contribution in [0.25, 0.3) is 0 Å². The summed E-state index contributed by atoms with van der Waals surface area (Å²) in [6.45, 7) is 6.56. The van der Waals surface area contributed by atoms with Crippen LogP contribution in [0.3, 0.4) is 0 Å². The maximum Gasteiger partial charge on any atom is 0.129 e. The summed E-state index contributed by atoms with van der Waals surface area (Å²) >= 11 is 5.61. The highest BCUT2D eigenvalue weighted by molar-refractivity contribution is 6.17. The number of fused-ring (bicyclic) bond motifs is 1. The Bertz CT molecular complexity index is 409. The Morgan fingerprint density at radius 2 is 2.16 bits per heavy atom. The summed E-state index contributed by atoms with van der Waals surface area (Å²) in [7, 11) is 0. The van der Waals surface area contributed by atoms with Crippen molar-refractivity contribution >= 4 is 17.4 Å². The smallest absolute Gasteiger partial charge is 0.129 e. The first-order valence-electron chi connectivity index (χ1n) is 7.11. The number of alkyl halides is 1. The van der Waals surface area contributed by atoms with E-state index in [-0.39, 0.29) is 0 Å². The Hall–Kier alpha value is -0.800. The largest absolute Gasteiger partial charge is 0.378 e. The molecule has 0 saturated heterocycles. The first-order chi connectivity index (χ1) is 9.22. The lowest BCUT2D eigenvalue weighted by molar-refractivity contribution is 0.154. The quantitative estimate of drug-likeness (QED) is 0.568. The molecule has 0 N–H and O–H groups in total. The normalized spacial score (nSPS) is 13.9. The fourth-order valence-electron chi connectivity index (χ4n) is 2.53. The predicted octanol–water partition coefficient (Wildman–Crippen LogP) is 3.04. The molecule has 0 radical (unpaired) electrons. The van der Waals surface area contributed by atoms with E-state index in [0.717, 1.165) is 18.8 Å². The van der Waals surface area contributed by atoms with Gasteiger partial charge in [0.1, 0.15) is 5.82 Å². The van der Waals surface area contributed by atoms with Gasteiger partial charge in [0, 0.05) is 24.2 Å². The number of anilines is 1. The van der Waals surface area contributed by atoms with Gasteiger partial charge in [0.15, 0.2) is 0 Å². The fourth-order valence-corrected chi connectivity index (χ4v) is 2.63. The number of aryl methyl sites for hydroxylation is 2. The van der Waals surface area contributed by atoms with Crippen LogP contribution in [0, 0.1) is 0 Å². The molecule has 0 aliphatic heterocycles. The highest BCUT2D eigenvalue weighted by Crippen LogP contribution is 2.24. The predicted molar refractivity (Wildman–Crippen MR) is 80.3 cm³/mol. The van der Waals surface area contributed by atoms with E-state index < -0.39 is 0 Å². The number of rotatable bonds is 7. The minimum absolute atomic E-state index is 0.423. The Balaban J connectivity index is 2.02. The van der Waals surface area contributed by atoms with Crippen molar-refractivity contribution < 1.29 is 4.74 Å². The van der Waals surface area contributed by atoms with E-state index in [2.05, 4.69) is 30.9 Å². The molecule has 1 aromatic rings. The third-order valence-corrected chi connectivity index (χ3v) is 3.68. The van der Waals surface area contributed by atoms with Gasteiger partial charge in [0.25, 0.3) is 0 Å². The van der Waals surface area contributed by atoms with Gasteiger partial charge in [-0.05, 0) is 44.7 Å². The first kappa shape index (κ1) is 14.6. The summed E-state index contributed by atoms with van der Waals surface area (Å²) in [6, 6.07) is 4.80. The standard InChI is InChI=1S/C15H23ClN2O/c1-12(2)18(9-11-19-10-8-16)15-7-6-13-4-3-5-14(13)17-15/h6-7,12H,3-5,8-11H2,1-2H3. The summed E-state index contributed by atoms with van der Waals surface area (Å²) in [4.78, 5) is 7.12. The van der Waals surface area contributed by atoms with Crippen molar-refractivity contribution in [3.05, 3.63) is 23.4 Å². The second-order valence-corrected chi connectivity index (χ2v) is 5.60. The number of aromatic nitrogens is 1. The average molecular weight is 283 g/mol. The molecule has 1 aromatic heterocycles. The van der Waals surface area contributed by atoms with Gasteiger partial charge in [0.2, 0.25) is 0 Å². The number of pyridine rings is 1. The minimum atomic E-state index is 0.423. The Morgan fingerprint density at radius 3 is 2.89 bits per heavy atom. The van der Waals surface area contributed by atoms with Crippen LogP contribution in [-0.2, 0) is 17.6 Å². The van der Waals surface area contributed by atoms with Crippen molar-refractivity contribution in [2.45, 2.75) is 39.2 Å². The molecule has 0 aromatic carbocycles. The molecule has 2 rings (SSSR count). The Labute approximate surface area is 120 Å². The summed E-state index contributed by atoms with van der Waals surface area (Å²) < 4.78 is 5.48. The van der Waals surface area contributed by atoms with Crippen molar-refractivity contribution in [2.75, 3.05) is 30.5 Å². The van der Waals surface area contributed by atoms with Gasteiger partial charge in [-0.15, -0.1) is 11.6 Å². The lowest BCUT2D eigenvalue weighted by Crippen LogP contribution is -2.35.